The number of urea groups is 1. The number of carbonyl (C=O) groups is 2. The van der Waals surface area contributed by atoms with E-state index in [4.69, 9.17) is 0 Å². The Balaban J connectivity index is 1.66. The predicted octanol–water partition coefficient (Wildman–Crippen LogP) is -1.01. The third-order valence-electron chi connectivity index (χ3n) is 3.28. The van der Waals surface area contributed by atoms with Crippen LogP contribution in [-0.4, -0.2) is 35.0 Å². The predicted molar refractivity (Wildman–Crippen MR) is 65.0 cm³/mol. The van der Waals surface area contributed by atoms with E-state index in [2.05, 4.69) is 21.9 Å². The molecule has 96 valence electrons. The van der Waals surface area contributed by atoms with Gasteiger partial charge in [-0.1, -0.05) is 6.42 Å². The Morgan fingerprint density at radius 3 is 3.06 bits per heavy atom. The van der Waals surface area contributed by atoms with Crippen molar-refractivity contribution in [2.75, 3.05) is 5.75 Å². The van der Waals surface area contributed by atoms with E-state index in [1.54, 1.807) is 0 Å². The summed E-state index contributed by atoms with van der Waals surface area (Å²) in [6.07, 6.45) is 3.50. The van der Waals surface area contributed by atoms with Crippen molar-refractivity contribution in [2.45, 2.75) is 43.0 Å². The van der Waals surface area contributed by atoms with Crippen LogP contribution in [0.4, 0.5) is 4.79 Å². The molecule has 0 aliphatic carbocycles. The molecule has 3 unspecified atom stereocenters. The number of hydrogen-bond donors (Lipinski definition) is 4. The molecule has 6 N–H and O–H groups in total. The van der Waals surface area contributed by atoms with E-state index in [0.29, 0.717) is 17.7 Å². The van der Waals surface area contributed by atoms with E-state index in [0.717, 1.165) is 25.0 Å². The summed E-state index contributed by atoms with van der Waals surface area (Å²) in [5, 5.41) is 6.37. The van der Waals surface area contributed by atoms with Crippen molar-refractivity contribution in [1.29, 1.82) is 0 Å². The van der Waals surface area contributed by atoms with Crippen LogP contribution < -0.4 is 21.9 Å². The fourth-order valence-electron chi connectivity index (χ4n) is 2.36. The zero-order chi connectivity index (χ0) is 12.3. The van der Waals surface area contributed by atoms with Crippen LogP contribution in [0.5, 0.6) is 0 Å². The Morgan fingerprint density at radius 2 is 2.29 bits per heavy atom. The van der Waals surface area contributed by atoms with Crippen molar-refractivity contribution in [3.63, 3.8) is 0 Å². The molecule has 0 aromatic rings. The average molecular weight is 259 g/mol. The number of hydrogen-bond acceptors (Lipinski definition) is 3. The Labute approximate surface area is 104 Å². The molecule has 3 atom stereocenters. The lowest BCUT2D eigenvalue weighted by Crippen LogP contribution is -2.67. The summed E-state index contributed by atoms with van der Waals surface area (Å²) in [7, 11) is 0. The van der Waals surface area contributed by atoms with Gasteiger partial charge >= 0.3 is 6.03 Å². The van der Waals surface area contributed by atoms with Crippen LogP contribution in [0.15, 0.2) is 0 Å². The molecular formula is C10H19N4O2S+. The molecule has 17 heavy (non-hydrogen) atoms. The molecule has 2 fully saturated rings. The van der Waals surface area contributed by atoms with Gasteiger partial charge < -0.3 is 10.6 Å². The standard InChI is InChI=1S/C10H18N4O2S/c11-14-8(15)4-2-1-3-7-9-6(5-17-7)12-10(16)13-9/h6-7,9H,1-5,11H2,(H,14,15)(H2,12,13,16)/p+1. The molecule has 0 aromatic heterocycles. The van der Waals surface area contributed by atoms with Gasteiger partial charge in [-0.3, -0.25) is 10.6 Å². The number of carbonyl (C=O) groups excluding carboxylic acids is 2. The summed E-state index contributed by atoms with van der Waals surface area (Å²) < 4.78 is 0. The highest BCUT2D eigenvalue weighted by Gasteiger charge is 2.42. The zero-order valence-electron chi connectivity index (χ0n) is 9.70. The summed E-state index contributed by atoms with van der Waals surface area (Å²) in [5.41, 5.74) is 2.38. The van der Waals surface area contributed by atoms with Gasteiger partial charge in [0.05, 0.1) is 12.1 Å². The van der Waals surface area contributed by atoms with Crippen molar-refractivity contribution < 1.29 is 15.4 Å². The van der Waals surface area contributed by atoms with E-state index in [1.165, 1.54) is 0 Å². The number of amides is 3. The molecule has 0 spiro atoms. The number of fused-ring (bicyclic) bond motifs is 1. The van der Waals surface area contributed by atoms with E-state index < -0.39 is 0 Å². The Morgan fingerprint density at radius 1 is 1.47 bits per heavy atom. The van der Waals surface area contributed by atoms with Crippen molar-refractivity contribution in [2.24, 2.45) is 0 Å². The van der Waals surface area contributed by atoms with Crippen LogP contribution in [0.2, 0.25) is 0 Å². The van der Waals surface area contributed by atoms with E-state index in [9.17, 15) is 9.59 Å². The molecule has 7 heteroatoms. The topological polar surface area (TPSA) is 97.9 Å². The maximum absolute atomic E-state index is 11.2. The molecule has 2 rings (SSSR count). The van der Waals surface area contributed by atoms with E-state index in [1.807, 2.05) is 11.8 Å². The first kappa shape index (κ1) is 12.5. The van der Waals surface area contributed by atoms with Crippen LogP contribution in [0.1, 0.15) is 25.7 Å². The summed E-state index contributed by atoms with van der Waals surface area (Å²) in [5.74, 6) is 4.33. The fraction of sp³-hybridized carbons (Fsp3) is 0.800. The molecule has 0 aromatic carbocycles. The highest BCUT2D eigenvalue weighted by molar-refractivity contribution is 8.00. The Bertz CT molecular complexity index is 313. The average Bonchev–Trinajstić information content (AvgIpc) is 2.84. The lowest BCUT2D eigenvalue weighted by atomic mass is 10.0. The van der Waals surface area contributed by atoms with Gasteiger partial charge in [0.25, 0.3) is 5.91 Å². The smallest absolute Gasteiger partial charge is 0.315 e. The summed E-state index contributed by atoms with van der Waals surface area (Å²) >= 11 is 1.91. The largest absolute Gasteiger partial charge is 0.332 e. The normalized spacial score (nSPS) is 30.6. The molecule has 2 saturated heterocycles. The molecule has 0 radical (unpaired) electrons. The quantitative estimate of drug-likeness (QED) is 0.289. The fourth-order valence-corrected chi connectivity index (χ4v) is 3.91. The van der Waals surface area contributed by atoms with E-state index in [-0.39, 0.29) is 18.0 Å². The minimum atomic E-state index is -0.0401. The van der Waals surface area contributed by atoms with Crippen LogP contribution >= 0.6 is 11.8 Å². The van der Waals surface area contributed by atoms with Crippen LogP contribution in [0.25, 0.3) is 0 Å². The molecule has 2 heterocycles. The third kappa shape index (κ3) is 3.04. The summed E-state index contributed by atoms with van der Waals surface area (Å²) in [6.45, 7) is 0. The zero-order valence-corrected chi connectivity index (χ0v) is 10.5. The van der Waals surface area contributed by atoms with Gasteiger partial charge in [-0.15, -0.1) is 0 Å². The van der Waals surface area contributed by atoms with Gasteiger partial charge in [0.2, 0.25) is 0 Å². The second-order valence-electron chi connectivity index (χ2n) is 4.47. The first-order chi connectivity index (χ1) is 8.20. The van der Waals surface area contributed by atoms with Gasteiger partial charge in [0.15, 0.2) is 0 Å². The summed E-state index contributed by atoms with van der Waals surface area (Å²) in [4.78, 5) is 22.2. The lowest BCUT2D eigenvalue weighted by Gasteiger charge is -2.16. The minimum Gasteiger partial charge on any atom is -0.332 e. The second kappa shape index (κ2) is 5.59. The molecule has 3 amide bonds. The molecular weight excluding hydrogens is 240 g/mol. The molecule has 0 saturated carbocycles. The minimum absolute atomic E-state index is 0.00205. The van der Waals surface area contributed by atoms with Crippen LogP contribution in [0, 0.1) is 0 Å². The number of nitrogens with one attached hydrogen (secondary N) is 3. The van der Waals surface area contributed by atoms with Crippen molar-refractivity contribution in [1.82, 2.24) is 16.1 Å². The number of thioether (sulfide) groups is 1. The number of unbranched alkanes of at least 4 members (excludes halogenated alkanes) is 1. The SMILES string of the molecule is [NH3+]NC(=O)CCCCC1SCC2NC(=O)NC21. The maximum atomic E-state index is 11.2. The monoisotopic (exact) mass is 259 g/mol. The van der Waals surface area contributed by atoms with Gasteiger partial charge in [0, 0.05) is 17.4 Å². The summed E-state index contributed by atoms with van der Waals surface area (Å²) in [6, 6.07) is 0.525. The maximum Gasteiger partial charge on any atom is 0.315 e. The molecule has 0 bridgehead atoms. The Hall–Kier alpha value is -0.950. The number of quaternary nitrogens is 1. The van der Waals surface area contributed by atoms with Crippen molar-refractivity contribution >= 4 is 23.7 Å². The molecule has 6 nitrogen and oxygen atoms in total. The number of rotatable bonds is 5. The van der Waals surface area contributed by atoms with Crippen molar-refractivity contribution in [3.05, 3.63) is 0 Å². The van der Waals surface area contributed by atoms with Crippen molar-refractivity contribution in [3.8, 4) is 0 Å². The van der Waals surface area contributed by atoms with Crippen LogP contribution in [-0.2, 0) is 4.79 Å². The van der Waals surface area contributed by atoms with E-state index >= 15 is 0 Å². The lowest BCUT2D eigenvalue weighted by molar-refractivity contribution is -0.427. The molecule has 2 aliphatic heterocycles. The van der Waals surface area contributed by atoms with Gasteiger partial charge in [-0.25, -0.2) is 10.2 Å². The first-order valence-corrected chi connectivity index (χ1v) is 7.00. The first-order valence-electron chi connectivity index (χ1n) is 5.95. The molecule has 2 aliphatic rings. The van der Waals surface area contributed by atoms with Crippen LogP contribution in [0.3, 0.4) is 0 Å². The third-order valence-corrected chi connectivity index (χ3v) is 4.79. The second-order valence-corrected chi connectivity index (χ2v) is 5.74. The van der Waals surface area contributed by atoms with Gasteiger partial charge in [-0.05, 0) is 12.8 Å². The van der Waals surface area contributed by atoms with Gasteiger partial charge in [-0.2, -0.15) is 11.8 Å². The Kier molecular flexibility index (Phi) is 4.11. The highest BCUT2D eigenvalue weighted by Crippen LogP contribution is 2.33. The van der Waals surface area contributed by atoms with Gasteiger partial charge in [0.1, 0.15) is 0 Å². The highest BCUT2D eigenvalue weighted by atomic mass is 32.2.